The Balaban J connectivity index is 1.95. The lowest BCUT2D eigenvalue weighted by Gasteiger charge is -2.01. The van der Waals surface area contributed by atoms with E-state index in [0.717, 1.165) is 11.5 Å². The molecule has 0 radical (unpaired) electrons. The molecule has 0 amide bonds. The lowest BCUT2D eigenvalue weighted by molar-refractivity contribution is 0.412. The largest absolute Gasteiger partial charge is 0.364 e. The molecular formula is C9H8ClN3O. The van der Waals surface area contributed by atoms with Crippen LogP contribution in [0.25, 0.3) is 0 Å². The zero-order chi connectivity index (χ0) is 9.80. The minimum absolute atomic E-state index is 0.588. The fourth-order valence-electron chi connectivity index (χ4n) is 0.990. The van der Waals surface area contributed by atoms with Gasteiger partial charge in [-0.05, 0) is 12.1 Å². The third kappa shape index (κ3) is 2.23. The highest BCUT2D eigenvalue weighted by Gasteiger charge is 1.97. The average molecular weight is 210 g/mol. The van der Waals surface area contributed by atoms with Crippen molar-refractivity contribution in [3.63, 3.8) is 0 Å². The molecule has 0 saturated carbocycles. The summed E-state index contributed by atoms with van der Waals surface area (Å²) in [6.45, 7) is 0.588. The molecule has 72 valence electrons. The summed E-state index contributed by atoms with van der Waals surface area (Å²) >= 11 is 5.69. The van der Waals surface area contributed by atoms with E-state index in [1.165, 1.54) is 6.26 Å². The Hall–Kier alpha value is -1.55. The molecule has 1 N–H and O–H groups in total. The monoisotopic (exact) mass is 209 g/mol. The number of halogens is 1. The quantitative estimate of drug-likeness (QED) is 0.843. The summed E-state index contributed by atoms with van der Waals surface area (Å²) in [6, 6.07) is 5.38. The number of pyridine rings is 1. The SMILES string of the molecule is Clc1ccc(NCc2ccon2)nc1. The van der Waals surface area contributed by atoms with Gasteiger partial charge in [-0.1, -0.05) is 16.8 Å². The van der Waals surface area contributed by atoms with Gasteiger partial charge in [0.1, 0.15) is 17.8 Å². The van der Waals surface area contributed by atoms with Crippen molar-refractivity contribution < 1.29 is 4.52 Å². The van der Waals surface area contributed by atoms with E-state index in [9.17, 15) is 0 Å². The molecule has 2 heterocycles. The summed E-state index contributed by atoms with van der Waals surface area (Å²) < 4.78 is 4.69. The van der Waals surface area contributed by atoms with Gasteiger partial charge in [0.25, 0.3) is 0 Å². The van der Waals surface area contributed by atoms with Crippen LogP contribution in [-0.2, 0) is 6.54 Å². The molecule has 14 heavy (non-hydrogen) atoms. The summed E-state index contributed by atoms with van der Waals surface area (Å²) in [4.78, 5) is 4.08. The van der Waals surface area contributed by atoms with Crippen molar-refractivity contribution >= 4 is 17.4 Å². The lowest BCUT2D eigenvalue weighted by Crippen LogP contribution is -2.00. The van der Waals surface area contributed by atoms with Crippen LogP contribution in [0.3, 0.4) is 0 Å². The number of nitrogens with one attached hydrogen (secondary N) is 1. The van der Waals surface area contributed by atoms with E-state index in [4.69, 9.17) is 16.1 Å². The highest BCUT2D eigenvalue weighted by molar-refractivity contribution is 6.30. The van der Waals surface area contributed by atoms with Gasteiger partial charge < -0.3 is 9.84 Å². The molecule has 0 aromatic carbocycles. The van der Waals surface area contributed by atoms with Gasteiger partial charge in [0, 0.05) is 12.3 Å². The Morgan fingerprint density at radius 2 is 2.29 bits per heavy atom. The molecule has 0 aliphatic rings. The molecule has 0 bridgehead atoms. The molecule has 2 rings (SSSR count). The fourth-order valence-corrected chi connectivity index (χ4v) is 1.10. The Bertz CT molecular complexity index is 385. The molecule has 0 atom stereocenters. The van der Waals surface area contributed by atoms with Gasteiger partial charge in [-0.25, -0.2) is 4.98 Å². The summed E-state index contributed by atoms with van der Waals surface area (Å²) in [5.41, 5.74) is 0.835. The van der Waals surface area contributed by atoms with E-state index < -0.39 is 0 Å². The number of rotatable bonds is 3. The van der Waals surface area contributed by atoms with Gasteiger partial charge in [0.05, 0.1) is 11.6 Å². The second kappa shape index (κ2) is 4.11. The molecular weight excluding hydrogens is 202 g/mol. The molecule has 0 aliphatic heterocycles. The molecule has 0 fully saturated rings. The summed E-state index contributed by atoms with van der Waals surface area (Å²) in [5.74, 6) is 0.761. The minimum Gasteiger partial charge on any atom is -0.364 e. The average Bonchev–Trinajstić information content (AvgIpc) is 2.70. The van der Waals surface area contributed by atoms with Gasteiger partial charge in [0.15, 0.2) is 0 Å². The van der Waals surface area contributed by atoms with Crippen LogP contribution in [0.1, 0.15) is 5.69 Å². The van der Waals surface area contributed by atoms with Crippen LogP contribution in [0.5, 0.6) is 0 Å². The number of aromatic nitrogens is 2. The van der Waals surface area contributed by atoms with E-state index in [-0.39, 0.29) is 0 Å². The third-order valence-corrected chi connectivity index (χ3v) is 1.89. The van der Waals surface area contributed by atoms with Crippen molar-refractivity contribution in [3.8, 4) is 0 Å². The minimum atomic E-state index is 0.588. The number of hydrogen-bond acceptors (Lipinski definition) is 4. The van der Waals surface area contributed by atoms with Gasteiger partial charge in [-0.2, -0.15) is 0 Å². The Labute approximate surface area is 85.9 Å². The smallest absolute Gasteiger partial charge is 0.126 e. The normalized spacial score (nSPS) is 10.1. The zero-order valence-electron chi connectivity index (χ0n) is 7.27. The highest BCUT2D eigenvalue weighted by Crippen LogP contribution is 2.10. The Kier molecular flexibility index (Phi) is 2.65. The van der Waals surface area contributed by atoms with Crippen molar-refractivity contribution in [1.29, 1.82) is 0 Å². The molecule has 0 saturated heterocycles. The first kappa shape index (κ1) is 9.02. The first-order chi connectivity index (χ1) is 6.84. The van der Waals surface area contributed by atoms with Crippen LogP contribution in [0.15, 0.2) is 35.2 Å². The summed E-state index contributed by atoms with van der Waals surface area (Å²) in [7, 11) is 0. The standard InChI is InChI=1S/C9H8ClN3O/c10-7-1-2-9(11-5-7)12-6-8-3-4-14-13-8/h1-5H,6H2,(H,11,12). The molecule has 0 spiro atoms. The first-order valence-corrected chi connectivity index (χ1v) is 4.47. The van der Waals surface area contributed by atoms with Crippen molar-refractivity contribution in [2.75, 3.05) is 5.32 Å². The van der Waals surface area contributed by atoms with Gasteiger partial charge >= 0.3 is 0 Å². The van der Waals surface area contributed by atoms with Crippen LogP contribution in [-0.4, -0.2) is 10.1 Å². The van der Waals surface area contributed by atoms with E-state index in [2.05, 4.69) is 15.5 Å². The topological polar surface area (TPSA) is 51.0 Å². The molecule has 4 nitrogen and oxygen atoms in total. The van der Waals surface area contributed by atoms with Gasteiger partial charge in [-0.15, -0.1) is 0 Å². The predicted octanol–water partition coefficient (Wildman–Crippen LogP) is 2.34. The number of hydrogen-bond donors (Lipinski definition) is 1. The zero-order valence-corrected chi connectivity index (χ0v) is 8.03. The van der Waals surface area contributed by atoms with Crippen molar-refractivity contribution in [3.05, 3.63) is 41.4 Å². The van der Waals surface area contributed by atoms with E-state index >= 15 is 0 Å². The Morgan fingerprint density at radius 3 is 2.93 bits per heavy atom. The molecule has 2 aromatic heterocycles. The van der Waals surface area contributed by atoms with Crippen LogP contribution in [0, 0.1) is 0 Å². The second-order valence-electron chi connectivity index (χ2n) is 2.71. The van der Waals surface area contributed by atoms with Crippen LogP contribution in [0.4, 0.5) is 5.82 Å². The van der Waals surface area contributed by atoms with Crippen LogP contribution in [0.2, 0.25) is 5.02 Å². The highest BCUT2D eigenvalue weighted by atomic mass is 35.5. The van der Waals surface area contributed by atoms with Crippen molar-refractivity contribution in [2.45, 2.75) is 6.54 Å². The number of anilines is 1. The van der Waals surface area contributed by atoms with E-state index in [0.29, 0.717) is 11.6 Å². The van der Waals surface area contributed by atoms with Crippen molar-refractivity contribution in [2.24, 2.45) is 0 Å². The third-order valence-electron chi connectivity index (χ3n) is 1.67. The predicted molar refractivity (Wildman–Crippen MR) is 53.1 cm³/mol. The van der Waals surface area contributed by atoms with E-state index in [1.807, 2.05) is 6.07 Å². The molecule has 2 aromatic rings. The van der Waals surface area contributed by atoms with Gasteiger partial charge in [-0.3, -0.25) is 0 Å². The lowest BCUT2D eigenvalue weighted by atomic mass is 10.4. The Morgan fingerprint density at radius 1 is 1.36 bits per heavy atom. The molecule has 0 aliphatic carbocycles. The first-order valence-electron chi connectivity index (χ1n) is 4.09. The fraction of sp³-hybridized carbons (Fsp3) is 0.111. The van der Waals surface area contributed by atoms with Crippen LogP contribution >= 0.6 is 11.6 Å². The maximum absolute atomic E-state index is 5.69. The summed E-state index contributed by atoms with van der Waals surface area (Å²) in [5, 5.41) is 7.46. The van der Waals surface area contributed by atoms with Gasteiger partial charge in [0.2, 0.25) is 0 Å². The number of nitrogens with zero attached hydrogens (tertiary/aromatic N) is 2. The van der Waals surface area contributed by atoms with E-state index in [1.54, 1.807) is 18.3 Å². The molecule has 5 heteroatoms. The maximum atomic E-state index is 5.69. The van der Waals surface area contributed by atoms with Crippen LogP contribution < -0.4 is 5.32 Å². The summed E-state index contributed by atoms with van der Waals surface area (Å²) in [6.07, 6.45) is 3.12. The maximum Gasteiger partial charge on any atom is 0.126 e. The second-order valence-corrected chi connectivity index (χ2v) is 3.14. The molecule has 0 unspecified atom stereocenters. The van der Waals surface area contributed by atoms with Crippen molar-refractivity contribution in [1.82, 2.24) is 10.1 Å².